The molecular formula is C14H21N3O2. The zero-order chi connectivity index (χ0) is 13.8. The van der Waals surface area contributed by atoms with Crippen molar-refractivity contribution in [1.29, 1.82) is 0 Å². The first kappa shape index (κ1) is 13.8. The Morgan fingerprint density at radius 2 is 2.26 bits per heavy atom. The van der Waals surface area contributed by atoms with Gasteiger partial charge in [-0.2, -0.15) is 0 Å². The van der Waals surface area contributed by atoms with Gasteiger partial charge in [-0.1, -0.05) is 6.07 Å². The van der Waals surface area contributed by atoms with Gasteiger partial charge < -0.3 is 21.1 Å². The minimum absolute atomic E-state index is 0.00801. The zero-order valence-corrected chi connectivity index (χ0v) is 11.3. The van der Waals surface area contributed by atoms with Crippen LogP contribution < -0.4 is 21.1 Å². The molecule has 4 N–H and O–H groups in total. The molecule has 0 saturated heterocycles. The van der Waals surface area contributed by atoms with E-state index < -0.39 is 0 Å². The fraction of sp³-hybridized carbons (Fsp3) is 0.500. The van der Waals surface area contributed by atoms with Gasteiger partial charge in [-0.3, -0.25) is 4.79 Å². The third-order valence-electron chi connectivity index (χ3n) is 3.24. The van der Waals surface area contributed by atoms with Crippen molar-refractivity contribution >= 4 is 11.6 Å². The average molecular weight is 263 g/mol. The van der Waals surface area contributed by atoms with Crippen molar-refractivity contribution in [3.63, 3.8) is 0 Å². The maximum atomic E-state index is 12.0. The predicted octanol–water partition coefficient (Wildman–Crippen LogP) is 0.998. The number of hydrogen-bond acceptors (Lipinski definition) is 4. The predicted molar refractivity (Wildman–Crippen MR) is 75.1 cm³/mol. The lowest BCUT2D eigenvalue weighted by atomic mass is 10.1. The molecule has 1 amide bonds. The van der Waals surface area contributed by atoms with E-state index >= 15 is 0 Å². The van der Waals surface area contributed by atoms with Gasteiger partial charge >= 0.3 is 0 Å². The van der Waals surface area contributed by atoms with Gasteiger partial charge in [0.05, 0.1) is 5.69 Å². The first-order chi connectivity index (χ1) is 9.11. The lowest BCUT2D eigenvalue weighted by Gasteiger charge is -2.30. The van der Waals surface area contributed by atoms with Gasteiger partial charge in [0.25, 0.3) is 5.91 Å². The van der Waals surface area contributed by atoms with Crippen molar-refractivity contribution in [1.82, 2.24) is 0 Å². The van der Waals surface area contributed by atoms with Gasteiger partial charge in [0.2, 0.25) is 0 Å². The molecule has 0 aliphatic carbocycles. The van der Waals surface area contributed by atoms with Gasteiger partial charge in [0.1, 0.15) is 5.75 Å². The highest BCUT2D eigenvalue weighted by Gasteiger charge is 2.25. The number of anilines is 1. The molecule has 1 aromatic carbocycles. The van der Waals surface area contributed by atoms with E-state index in [1.165, 1.54) is 0 Å². The number of carbonyl (C=O) groups is 1. The summed E-state index contributed by atoms with van der Waals surface area (Å²) < 4.78 is 5.44. The molecule has 0 bridgehead atoms. The molecular weight excluding hydrogens is 242 g/mol. The zero-order valence-electron chi connectivity index (χ0n) is 11.3. The van der Waals surface area contributed by atoms with Crippen molar-refractivity contribution in [3.05, 3.63) is 23.8 Å². The van der Waals surface area contributed by atoms with E-state index in [4.69, 9.17) is 16.2 Å². The Morgan fingerprint density at radius 3 is 2.95 bits per heavy atom. The van der Waals surface area contributed by atoms with Crippen molar-refractivity contribution < 1.29 is 9.53 Å². The number of carbonyl (C=O) groups excluding carboxylic acids is 1. The standard InChI is InChI=1S/C14H21N3O2/c1-10(16)3-2-6-17-12-7-11(8-15)4-5-13(12)19-9-14(17)18/h4-5,7,10H,2-3,6,8-9,15-16H2,1H3. The molecule has 1 aromatic rings. The Kier molecular flexibility index (Phi) is 4.39. The first-order valence-electron chi connectivity index (χ1n) is 6.63. The monoisotopic (exact) mass is 263 g/mol. The van der Waals surface area contributed by atoms with Crippen LogP contribution in [0.15, 0.2) is 18.2 Å². The number of benzene rings is 1. The van der Waals surface area contributed by atoms with E-state index in [2.05, 4.69) is 0 Å². The van der Waals surface area contributed by atoms with E-state index in [-0.39, 0.29) is 18.6 Å². The van der Waals surface area contributed by atoms with Crippen molar-refractivity contribution in [2.24, 2.45) is 11.5 Å². The number of nitrogens with two attached hydrogens (primary N) is 2. The lowest BCUT2D eigenvalue weighted by Crippen LogP contribution is -2.39. The van der Waals surface area contributed by atoms with Crippen LogP contribution in [0.2, 0.25) is 0 Å². The molecule has 0 spiro atoms. The molecule has 0 aromatic heterocycles. The summed E-state index contributed by atoms with van der Waals surface area (Å²) in [6, 6.07) is 5.89. The Bertz CT molecular complexity index is 460. The Labute approximate surface area is 113 Å². The summed E-state index contributed by atoms with van der Waals surface area (Å²) >= 11 is 0. The highest BCUT2D eigenvalue weighted by Crippen LogP contribution is 2.33. The Hall–Kier alpha value is -1.59. The number of ether oxygens (including phenoxy) is 1. The lowest BCUT2D eigenvalue weighted by molar-refractivity contribution is -0.121. The van der Waals surface area contributed by atoms with E-state index in [0.29, 0.717) is 13.1 Å². The summed E-state index contributed by atoms with van der Waals surface area (Å²) in [6.45, 7) is 3.20. The molecule has 1 aliphatic rings. The van der Waals surface area contributed by atoms with Crippen LogP contribution in [0.25, 0.3) is 0 Å². The van der Waals surface area contributed by atoms with Crippen LogP contribution in [0.4, 0.5) is 5.69 Å². The molecule has 2 rings (SSSR count). The largest absolute Gasteiger partial charge is 0.482 e. The van der Waals surface area contributed by atoms with Crippen LogP contribution in [-0.2, 0) is 11.3 Å². The number of rotatable bonds is 5. The molecule has 0 fully saturated rings. The maximum absolute atomic E-state index is 12.0. The normalized spacial score (nSPS) is 15.9. The Morgan fingerprint density at radius 1 is 1.47 bits per heavy atom. The SMILES string of the molecule is CC(N)CCCN1C(=O)COc2ccc(CN)cc21. The summed E-state index contributed by atoms with van der Waals surface area (Å²) in [4.78, 5) is 13.7. The van der Waals surface area contributed by atoms with Gasteiger partial charge in [-0.25, -0.2) is 0 Å². The Balaban J connectivity index is 2.16. The molecule has 19 heavy (non-hydrogen) atoms. The average Bonchev–Trinajstić information content (AvgIpc) is 2.40. The molecule has 1 atom stereocenters. The second kappa shape index (κ2) is 6.04. The molecule has 1 aliphatic heterocycles. The fourth-order valence-corrected chi connectivity index (χ4v) is 2.19. The van der Waals surface area contributed by atoms with E-state index in [0.717, 1.165) is 29.8 Å². The van der Waals surface area contributed by atoms with Crippen molar-refractivity contribution in [2.45, 2.75) is 32.4 Å². The van der Waals surface area contributed by atoms with Crippen LogP contribution in [0.5, 0.6) is 5.75 Å². The molecule has 104 valence electrons. The minimum atomic E-state index is -0.00801. The number of amides is 1. The van der Waals surface area contributed by atoms with Crippen LogP contribution in [-0.4, -0.2) is 25.1 Å². The minimum Gasteiger partial charge on any atom is -0.482 e. The van der Waals surface area contributed by atoms with Crippen LogP contribution >= 0.6 is 0 Å². The van der Waals surface area contributed by atoms with Crippen molar-refractivity contribution in [2.75, 3.05) is 18.1 Å². The summed E-state index contributed by atoms with van der Waals surface area (Å²) in [5.74, 6) is 0.740. The van der Waals surface area contributed by atoms with E-state index in [9.17, 15) is 4.79 Å². The summed E-state index contributed by atoms with van der Waals surface area (Å²) in [5.41, 5.74) is 13.2. The molecule has 1 heterocycles. The second-order valence-electron chi connectivity index (χ2n) is 4.96. The van der Waals surface area contributed by atoms with E-state index in [1.807, 2.05) is 25.1 Å². The smallest absolute Gasteiger partial charge is 0.265 e. The molecule has 0 radical (unpaired) electrons. The highest BCUT2D eigenvalue weighted by molar-refractivity contribution is 5.97. The molecule has 1 unspecified atom stereocenters. The topological polar surface area (TPSA) is 81.6 Å². The maximum Gasteiger partial charge on any atom is 0.265 e. The van der Waals surface area contributed by atoms with Crippen LogP contribution in [0.1, 0.15) is 25.3 Å². The van der Waals surface area contributed by atoms with Gasteiger partial charge in [0, 0.05) is 19.1 Å². The first-order valence-corrected chi connectivity index (χ1v) is 6.63. The quantitative estimate of drug-likeness (QED) is 0.830. The molecule has 5 nitrogen and oxygen atoms in total. The number of fused-ring (bicyclic) bond motifs is 1. The van der Waals surface area contributed by atoms with Gasteiger partial charge in [-0.15, -0.1) is 0 Å². The van der Waals surface area contributed by atoms with Crippen LogP contribution in [0, 0.1) is 0 Å². The van der Waals surface area contributed by atoms with Crippen molar-refractivity contribution in [3.8, 4) is 5.75 Å². The summed E-state index contributed by atoms with van der Waals surface area (Å²) in [5, 5.41) is 0. The van der Waals surface area contributed by atoms with Gasteiger partial charge in [0.15, 0.2) is 6.61 Å². The summed E-state index contributed by atoms with van der Waals surface area (Å²) in [7, 11) is 0. The molecule has 0 saturated carbocycles. The summed E-state index contributed by atoms with van der Waals surface area (Å²) in [6.07, 6.45) is 1.78. The third kappa shape index (κ3) is 3.24. The highest BCUT2D eigenvalue weighted by atomic mass is 16.5. The van der Waals surface area contributed by atoms with Gasteiger partial charge in [-0.05, 0) is 37.5 Å². The van der Waals surface area contributed by atoms with Crippen LogP contribution in [0.3, 0.4) is 0 Å². The molecule has 5 heteroatoms. The number of hydrogen-bond donors (Lipinski definition) is 2. The number of nitrogens with zero attached hydrogens (tertiary/aromatic N) is 1. The third-order valence-corrected chi connectivity index (χ3v) is 3.24. The second-order valence-corrected chi connectivity index (χ2v) is 4.96. The van der Waals surface area contributed by atoms with E-state index in [1.54, 1.807) is 4.90 Å². The fourth-order valence-electron chi connectivity index (χ4n) is 2.19.